The molecule has 4 rings (SSSR count). The number of benzene rings is 2. The maximum absolute atomic E-state index is 12.8. The van der Waals surface area contributed by atoms with E-state index < -0.39 is 12.0 Å². The van der Waals surface area contributed by atoms with Crippen molar-refractivity contribution in [3.8, 4) is 0 Å². The molecule has 0 aliphatic carbocycles. The molecule has 8 nitrogen and oxygen atoms in total. The number of hydrogen-bond acceptors (Lipinski definition) is 6. The van der Waals surface area contributed by atoms with Crippen molar-refractivity contribution in [1.82, 2.24) is 14.7 Å². The van der Waals surface area contributed by atoms with Crippen molar-refractivity contribution in [2.75, 3.05) is 39.8 Å². The van der Waals surface area contributed by atoms with Gasteiger partial charge in [0.15, 0.2) is 0 Å². The number of fused-ring (bicyclic) bond motifs is 1. The van der Waals surface area contributed by atoms with Gasteiger partial charge in [-0.15, -0.1) is 0 Å². The lowest BCUT2D eigenvalue weighted by Crippen LogP contribution is -2.51. The lowest BCUT2D eigenvalue weighted by molar-refractivity contribution is -0.148. The van der Waals surface area contributed by atoms with Crippen molar-refractivity contribution >= 4 is 35.3 Å². The third kappa shape index (κ3) is 4.69. The molecule has 34 heavy (non-hydrogen) atoms. The monoisotopic (exact) mass is 483 g/mol. The van der Waals surface area contributed by atoms with Gasteiger partial charge >= 0.3 is 5.97 Å². The molecule has 2 aliphatic heterocycles. The van der Waals surface area contributed by atoms with Gasteiger partial charge in [-0.25, -0.2) is 4.79 Å². The van der Waals surface area contributed by atoms with Crippen LogP contribution in [0.3, 0.4) is 0 Å². The molecule has 0 radical (unpaired) electrons. The number of hydrogen-bond donors (Lipinski definition) is 0. The molecule has 2 heterocycles. The van der Waals surface area contributed by atoms with Crippen molar-refractivity contribution in [2.45, 2.75) is 18.9 Å². The molecule has 0 N–H and O–H groups in total. The summed E-state index contributed by atoms with van der Waals surface area (Å²) in [5.74, 6) is -1.05. The summed E-state index contributed by atoms with van der Waals surface area (Å²) in [7, 11) is 1.35. The van der Waals surface area contributed by atoms with Crippen LogP contribution in [0.5, 0.6) is 0 Å². The fraction of sp³-hybridized carbons (Fsp3) is 0.360. The molecule has 9 heteroatoms. The number of halogens is 1. The van der Waals surface area contributed by atoms with Gasteiger partial charge in [-0.05, 0) is 30.2 Å². The van der Waals surface area contributed by atoms with E-state index in [9.17, 15) is 19.2 Å². The number of carbonyl (C=O) groups is 4. The van der Waals surface area contributed by atoms with Crippen LogP contribution >= 0.6 is 11.6 Å². The average molecular weight is 484 g/mol. The number of esters is 1. The lowest BCUT2D eigenvalue weighted by Gasteiger charge is -2.38. The fourth-order valence-corrected chi connectivity index (χ4v) is 4.74. The number of nitrogens with zero attached hydrogens (tertiary/aromatic N) is 3. The highest BCUT2D eigenvalue weighted by Gasteiger charge is 2.36. The van der Waals surface area contributed by atoms with Gasteiger partial charge in [0.1, 0.15) is 6.04 Å². The minimum Gasteiger partial charge on any atom is -0.468 e. The maximum atomic E-state index is 12.8. The number of carbonyl (C=O) groups excluding carboxylic acids is 4. The van der Waals surface area contributed by atoms with Gasteiger partial charge < -0.3 is 9.64 Å². The molecule has 2 aromatic carbocycles. The summed E-state index contributed by atoms with van der Waals surface area (Å²) < 4.78 is 5.01. The molecular formula is C25H26ClN3O5. The van der Waals surface area contributed by atoms with Crippen LogP contribution in [0.15, 0.2) is 48.5 Å². The molecule has 1 atom stereocenters. The van der Waals surface area contributed by atoms with E-state index in [0.717, 1.165) is 0 Å². The first-order valence-corrected chi connectivity index (χ1v) is 11.6. The van der Waals surface area contributed by atoms with Gasteiger partial charge in [-0.3, -0.25) is 24.2 Å². The zero-order chi connectivity index (χ0) is 24.2. The molecule has 0 spiro atoms. The molecule has 178 valence electrons. The van der Waals surface area contributed by atoms with E-state index in [0.29, 0.717) is 54.3 Å². The molecule has 1 fully saturated rings. The van der Waals surface area contributed by atoms with Gasteiger partial charge in [0.05, 0.1) is 18.2 Å². The maximum Gasteiger partial charge on any atom is 0.327 e. The van der Waals surface area contributed by atoms with Gasteiger partial charge in [0.2, 0.25) is 5.91 Å². The van der Waals surface area contributed by atoms with Gasteiger partial charge in [0, 0.05) is 44.2 Å². The van der Waals surface area contributed by atoms with Crippen LogP contribution in [-0.2, 0) is 14.3 Å². The van der Waals surface area contributed by atoms with Crippen molar-refractivity contribution in [2.24, 2.45) is 0 Å². The Kier molecular flexibility index (Phi) is 7.29. The van der Waals surface area contributed by atoms with E-state index in [4.69, 9.17) is 16.3 Å². The SMILES string of the molecule is COC(=O)[C@@H](c1ccccc1Cl)N1CCN(C(=O)CCCN2C(=O)c3ccccc3C2=O)CC1. The first-order chi connectivity index (χ1) is 16.4. The summed E-state index contributed by atoms with van der Waals surface area (Å²) in [5.41, 5.74) is 1.50. The van der Waals surface area contributed by atoms with Crippen molar-refractivity contribution in [1.29, 1.82) is 0 Å². The van der Waals surface area contributed by atoms with Gasteiger partial charge in [-0.2, -0.15) is 0 Å². The van der Waals surface area contributed by atoms with E-state index in [1.54, 1.807) is 47.4 Å². The second-order valence-electron chi connectivity index (χ2n) is 8.28. The third-order valence-electron chi connectivity index (χ3n) is 6.31. The van der Waals surface area contributed by atoms with Crippen LogP contribution in [0.4, 0.5) is 0 Å². The lowest BCUT2D eigenvalue weighted by atomic mass is 10.0. The number of methoxy groups -OCH3 is 1. The second-order valence-corrected chi connectivity index (χ2v) is 8.68. The highest BCUT2D eigenvalue weighted by molar-refractivity contribution is 6.31. The summed E-state index contributed by atoms with van der Waals surface area (Å²) in [6, 6.07) is 13.3. The Morgan fingerprint density at radius 3 is 2.12 bits per heavy atom. The Bertz CT molecular complexity index is 1080. The Morgan fingerprint density at radius 1 is 0.941 bits per heavy atom. The van der Waals surface area contributed by atoms with Crippen molar-refractivity contribution in [3.05, 3.63) is 70.2 Å². The first-order valence-electron chi connectivity index (χ1n) is 11.2. The number of ether oxygens (including phenoxy) is 1. The zero-order valence-corrected chi connectivity index (χ0v) is 19.7. The summed E-state index contributed by atoms with van der Waals surface area (Å²) in [6.45, 7) is 2.12. The third-order valence-corrected chi connectivity index (χ3v) is 6.65. The summed E-state index contributed by atoms with van der Waals surface area (Å²) >= 11 is 6.33. The quantitative estimate of drug-likeness (QED) is 0.444. The highest BCUT2D eigenvalue weighted by atomic mass is 35.5. The van der Waals surface area contributed by atoms with Crippen LogP contribution in [0.25, 0.3) is 0 Å². The first kappa shape index (κ1) is 23.9. The Morgan fingerprint density at radius 2 is 1.53 bits per heavy atom. The number of amides is 3. The Labute approximate surface area is 203 Å². The molecule has 0 saturated carbocycles. The normalized spacial score (nSPS) is 17.0. The average Bonchev–Trinajstić information content (AvgIpc) is 3.10. The molecule has 0 unspecified atom stereocenters. The van der Waals surface area contributed by atoms with E-state index in [2.05, 4.69) is 0 Å². The van der Waals surface area contributed by atoms with Crippen molar-refractivity contribution < 1.29 is 23.9 Å². The molecule has 3 amide bonds. The fourth-order valence-electron chi connectivity index (χ4n) is 4.50. The summed E-state index contributed by atoms with van der Waals surface area (Å²) in [4.78, 5) is 55.1. The Hall–Kier alpha value is -3.23. The largest absolute Gasteiger partial charge is 0.468 e. The predicted octanol–water partition coefficient (Wildman–Crippen LogP) is 2.77. The predicted molar refractivity (Wildman–Crippen MR) is 125 cm³/mol. The molecule has 2 aliphatic rings. The minimum absolute atomic E-state index is 0.0383. The van der Waals surface area contributed by atoms with Crippen LogP contribution in [0.2, 0.25) is 5.02 Å². The Balaban J connectivity index is 1.30. The topological polar surface area (TPSA) is 87.2 Å². The van der Waals surface area contributed by atoms with E-state index in [-0.39, 0.29) is 30.7 Å². The smallest absolute Gasteiger partial charge is 0.327 e. The molecule has 0 bridgehead atoms. The highest BCUT2D eigenvalue weighted by Crippen LogP contribution is 2.29. The van der Waals surface area contributed by atoms with E-state index in [1.807, 2.05) is 11.0 Å². The van der Waals surface area contributed by atoms with Crippen molar-refractivity contribution in [3.63, 3.8) is 0 Å². The standard InChI is InChI=1S/C25H26ClN3O5/c1-34-25(33)22(19-9-4-5-10-20(19)26)28-15-13-27(14-16-28)21(30)11-6-12-29-23(31)17-7-2-3-8-18(17)24(29)32/h2-5,7-10,22H,6,11-16H2,1H3/t22-/m1/s1. The number of rotatable bonds is 7. The summed E-state index contributed by atoms with van der Waals surface area (Å²) in [6.07, 6.45) is 0.632. The zero-order valence-electron chi connectivity index (χ0n) is 18.9. The number of piperazine rings is 1. The van der Waals surface area contributed by atoms with Crippen LogP contribution in [0, 0.1) is 0 Å². The second kappa shape index (κ2) is 10.4. The molecule has 1 saturated heterocycles. The van der Waals surface area contributed by atoms with Crippen LogP contribution in [-0.4, -0.2) is 78.2 Å². The van der Waals surface area contributed by atoms with Crippen LogP contribution in [0.1, 0.15) is 45.2 Å². The minimum atomic E-state index is -0.634. The van der Waals surface area contributed by atoms with Gasteiger partial charge in [0.25, 0.3) is 11.8 Å². The molecular weight excluding hydrogens is 458 g/mol. The van der Waals surface area contributed by atoms with Gasteiger partial charge in [-0.1, -0.05) is 41.9 Å². The number of imide groups is 1. The molecule has 0 aromatic heterocycles. The van der Waals surface area contributed by atoms with Crippen LogP contribution < -0.4 is 0 Å². The van der Waals surface area contributed by atoms with E-state index in [1.165, 1.54) is 12.0 Å². The molecule has 2 aromatic rings. The van der Waals surface area contributed by atoms with E-state index >= 15 is 0 Å². The summed E-state index contributed by atoms with van der Waals surface area (Å²) in [5, 5.41) is 0.490.